The van der Waals surface area contributed by atoms with Crippen molar-refractivity contribution < 1.29 is 94.3 Å². The van der Waals surface area contributed by atoms with Crippen LogP contribution in [0.3, 0.4) is 0 Å². The van der Waals surface area contributed by atoms with E-state index in [-0.39, 0.29) is 90.5 Å². The maximum Gasteiger partial charge on any atom is 0.341 e. The molecule has 0 radical (unpaired) electrons. The van der Waals surface area contributed by atoms with Gasteiger partial charge in [-0.05, 0) is 95.1 Å². The first-order valence-electron chi connectivity index (χ1n) is 24.1. The molecule has 8 aromatic rings. The van der Waals surface area contributed by atoms with Crippen molar-refractivity contribution in [3.05, 3.63) is 212 Å². The smallest absolute Gasteiger partial charge is 0.341 e. The van der Waals surface area contributed by atoms with E-state index in [1.807, 2.05) is 0 Å². The molecule has 9 rings (SSSR count). The molecule has 0 spiro atoms. The van der Waals surface area contributed by atoms with Crippen LogP contribution >= 0.6 is 0 Å². The second kappa shape index (κ2) is 22.3. The van der Waals surface area contributed by atoms with E-state index in [9.17, 15) is 75.3 Å². The summed E-state index contributed by atoms with van der Waals surface area (Å²) in [5.74, 6) is -13.0. The number of carboxylic acids is 3. The number of rotatable bonds is 16. The summed E-state index contributed by atoms with van der Waals surface area (Å²) < 4.78 is 24.0. The number of carboxylic acid groups (broad SMARTS) is 3. The summed E-state index contributed by atoms with van der Waals surface area (Å²) in [7, 11) is 0. The number of carbonyl (C=O) groups excluding carboxylic acids is 1. The number of phenolic OH excluding ortho intramolecular Hbond substituents is 8. The van der Waals surface area contributed by atoms with Gasteiger partial charge in [0.1, 0.15) is 75.6 Å². The van der Waals surface area contributed by atoms with Crippen molar-refractivity contribution in [1.29, 1.82) is 0 Å². The summed E-state index contributed by atoms with van der Waals surface area (Å²) in [6.07, 6.45) is 0.460. The highest BCUT2D eigenvalue weighted by Gasteiger charge is 2.36. The molecule has 0 saturated carbocycles. The Kier molecular flexibility index (Phi) is 15.1. The third-order valence-electron chi connectivity index (χ3n) is 13.4. The minimum atomic E-state index is -1.42. The molecule has 4 atom stereocenters. The molecule has 1 aliphatic rings. The van der Waals surface area contributed by atoms with E-state index in [0.29, 0.717) is 28.5 Å². The molecule has 79 heavy (non-hydrogen) atoms. The minimum Gasteiger partial charge on any atom is -0.508 e. The molecule has 0 aromatic heterocycles. The molecule has 0 saturated heterocycles. The predicted molar refractivity (Wildman–Crippen MR) is 280 cm³/mol. The van der Waals surface area contributed by atoms with Crippen LogP contribution in [0, 0.1) is 0 Å². The number of fused-ring (bicyclic) bond motifs is 8. The number of aromatic hydroxyl groups is 8. The molecule has 4 unspecified atom stereocenters. The number of hydrogen-bond acceptors (Lipinski definition) is 16. The zero-order valence-corrected chi connectivity index (χ0v) is 41.3. The third-order valence-corrected chi connectivity index (χ3v) is 13.4. The molecule has 0 aliphatic heterocycles. The van der Waals surface area contributed by atoms with Gasteiger partial charge < -0.3 is 75.1 Å². The molecule has 1 aliphatic carbocycles. The van der Waals surface area contributed by atoms with Crippen LogP contribution in [0.5, 0.6) is 69.0 Å². The Labute approximate surface area is 448 Å². The summed E-state index contributed by atoms with van der Waals surface area (Å²) >= 11 is 0. The van der Waals surface area contributed by atoms with Gasteiger partial charge in [-0.1, -0.05) is 48.5 Å². The van der Waals surface area contributed by atoms with Crippen LogP contribution in [0.2, 0.25) is 0 Å². The lowest BCUT2D eigenvalue weighted by molar-refractivity contribution is -0.140. The molecule has 8 aromatic carbocycles. The third kappa shape index (κ3) is 11.2. The summed E-state index contributed by atoms with van der Waals surface area (Å²) in [6, 6.07) is 33.4. The first-order chi connectivity index (χ1) is 37.9. The fourth-order valence-corrected chi connectivity index (χ4v) is 10.1. The Balaban J connectivity index is 1.54. The van der Waals surface area contributed by atoms with Gasteiger partial charge in [-0.3, -0.25) is 4.79 Å². The van der Waals surface area contributed by atoms with Gasteiger partial charge in [0, 0.05) is 92.4 Å². The van der Waals surface area contributed by atoms with E-state index < -0.39 is 91.0 Å². The van der Waals surface area contributed by atoms with Crippen molar-refractivity contribution in [1.82, 2.24) is 0 Å². The van der Waals surface area contributed by atoms with Crippen molar-refractivity contribution in [2.45, 2.75) is 23.7 Å². The lowest BCUT2D eigenvalue weighted by atomic mass is 9.75. The van der Waals surface area contributed by atoms with E-state index in [4.69, 9.17) is 18.9 Å². The number of aldehydes is 1. The summed E-state index contributed by atoms with van der Waals surface area (Å²) in [6.45, 7) is -3.42. The van der Waals surface area contributed by atoms with E-state index in [2.05, 4.69) is 0 Å². The lowest BCUT2D eigenvalue weighted by Gasteiger charge is -2.31. The minimum absolute atomic E-state index is 0.0118. The van der Waals surface area contributed by atoms with E-state index in [1.165, 1.54) is 127 Å². The average Bonchev–Trinajstić information content (AvgIpc) is 3.58. The van der Waals surface area contributed by atoms with Crippen LogP contribution in [0.4, 0.5) is 0 Å². The largest absolute Gasteiger partial charge is 0.508 e. The van der Waals surface area contributed by atoms with Crippen molar-refractivity contribution >= 4 is 24.2 Å². The first-order valence-corrected chi connectivity index (χ1v) is 24.1. The van der Waals surface area contributed by atoms with Gasteiger partial charge in [0.25, 0.3) is 0 Å². The second-order valence-electron chi connectivity index (χ2n) is 18.4. The van der Waals surface area contributed by atoms with Crippen molar-refractivity contribution in [3.8, 4) is 69.0 Å². The summed E-state index contributed by atoms with van der Waals surface area (Å²) in [5.41, 5.74) is 1.61. The number of hydrogen-bond donors (Lipinski definition) is 11. The van der Waals surface area contributed by atoms with Crippen LogP contribution < -0.4 is 18.9 Å². The van der Waals surface area contributed by atoms with Gasteiger partial charge in [-0.25, -0.2) is 14.4 Å². The maximum atomic E-state index is 12.5. The molecule has 19 nitrogen and oxygen atoms in total. The molecule has 0 heterocycles. The van der Waals surface area contributed by atoms with Crippen LogP contribution in [0.1, 0.15) is 90.4 Å². The highest BCUT2D eigenvalue weighted by Crippen LogP contribution is 2.54. The topological polar surface area (TPSA) is 328 Å². The second-order valence-corrected chi connectivity index (χ2v) is 18.4. The molecular weight excluding hydrogens is 1020 g/mol. The van der Waals surface area contributed by atoms with Crippen molar-refractivity contribution in [2.75, 3.05) is 26.4 Å². The molecule has 19 heteroatoms. The van der Waals surface area contributed by atoms with E-state index in [1.54, 1.807) is 0 Å². The molecule has 0 amide bonds. The van der Waals surface area contributed by atoms with Crippen LogP contribution in [0.25, 0.3) is 0 Å². The fourth-order valence-electron chi connectivity index (χ4n) is 10.1. The zero-order chi connectivity index (χ0) is 56.2. The molecular formula is C60H48O19. The molecule has 402 valence electrons. The number of phenols is 8. The molecule has 0 fully saturated rings. The van der Waals surface area contributed by atoms with Gasteiger partial charge in [0.2, 0.25) is 0 Å². The van der Waals surface area contributed by atoms with E-state index >= 15 is 0 Å². The maximum absolute atomic E-state index is 12.5. The molecule has 8 bridgehead atoms. The van der Waals surface area contributed by atoms with Gasteiger partial charge >= 0.3 is 17.9 Å². The SMILES string of the molecule is O=CCOc1cc(O)c2cc1C(c1ccc(O)cc1)c1cc(c(OCC(=O)O)cc1O)C(c1ccc(O)cc1)c1cc(c(OCC(=O)O)cc1O)C(c1ccc(O)cc1)c1cc(c(OCC(=O)O)cc1O)C2c1ccc(O)cc1. The monoisotopic (exact) mass is 1070 g/mol. The average molecular weight is 1070 g/mol. The summed E-state index contributed by atoms with van der Waals surface area (Å²) in [4.78, 5) is 48.9. The highest BCUT2D eigenvalue weighted by atomic mass is 16.5. The number of carbonyl (C=O) groups is 4. The quantitative estimate of drug-likeness (QED) is 0.0405. The number of ether oxygens (including phenoxy) is 4. The molecule has 11 N–H and O–H groups in total. The van der Waals surface area contributed by atoms with Crippen molar-refractivity contribution in [3.63, 3.8) is 0 Å². The van der Waals surface area contributed by atoms with Gasteiger partial charge in [0.15, 0.2) is 26.1 Å². The van der Waals surface area contributed by atoms with Crippen molar-refractivity contribution in [2.24, 2.45) is 0 Å². The Morgan fingerprint density at radius 1 is 0.329 bits per heavy atom. The Morgan fingerprint density at radius 3 is 0.747 bits per heavy atom. The van der Waals surface area contributed by atoms with Gasteiger partial charge in [0.05, 0.1) is 0 Å². The first kappa shape index (κ1) is 53.3. The van der Waals surface area contributed by atoms with Gasteiger partial charge in [-0.15, -0.1) is 0 Å². The Bertz CT molecular complexity index is 3590. The number of benzene rings is 8. The fraction of sp³-hybridized carbons (Fsp3) is 0.133. The zero-order valence-electron chi connectivity index (χ0n) is 41.3. The Morgan fingerprint density at radius 2 is 0.544 bits per heavy atom. The van der Waals surface area contributed by atoms with Crippen LogP contribution in [-0.2, 0) is 19.2 Å². The lowest BCUT2D eigenvalue weighted by Crippen LogP contribution is -2.17. The number of aliphatic carboxylic acids is 3. The van der Waals surface area contributed by atoms with E-state index in [0.717, 1.165) is 18.2 Å². The summed E-state index contributed by atoms with van der Waals surface area (Å²) in [5, 5.41) is 122. The van der Waals surface area contributed by atoms with Crippen LogP contribution in [0.15, 0.2) is 146 Å². The predicted octanol–water partition coefficient (Wildman–Crippen LogP) is 8.33. The Hall–Kier alpha value is -10.6. The highest BCUT2D eigenvalue weighted by molar-refractivity contribution is 5.72. The van der Waals surface area contributed by atoms with Crippen LogP contribution in [-0.4, -0.2) is 107 Å². The van der Waals surface area contributed by atoms with Gasteiger partial charge in [-0.2, -0.15) is 0 Å². The standard InChI is InChI=1S/C60H48O19/c61-17-18-76-50-23-46(66)38-19-42(50)57(30-1-9-34(62)10-2-30)39-20-43(51(24-47(39)67)77-27-54(70)71)59(32-5-13-36(64)14-6-32)41-22-45(53(26-49(41)69)79-29-56(74)75)60(33-7-15-37(65)16-8-33)40-21-44(52(25-48(40)68)78-28-55(72)73)58(38)31-3-11-35(63)12-4-31/h1-17,19-26,57-60,62-69H,18,27-29H2,(H,70,71)(H,72,73)(H,74,75). The normalized spacial score (nSPS) is 15.5.